The van der Waals surface area contributed by atoms with E-state index in [4.69, 9.17) is 5.73 Å². The van der Waals surface area contributed by atoms with E-state index in [1.165, 1.54) is 38.6 Å². The molecular formula is C12H24N2. The first-order chi connectivity index (χ1) is 6.46. The molecular weight excluding hydrogens is 172 g/mol. The first kappa shape index (κ1) is 10.4. The van der Waals surface area contributed by atoms with Crippen LogP contribution in [-0.2, 0) is 0 Å². The van der Waals surface area contributed by atoms with Gasteiger partial charge in [-0.15, -0.1) is 0 Å². The van der Waals surface area contributed by atoms with Crippen LogP contribution in [0.5, 0.6) is 0 Å². The largest absolute Gasteiger partial charge is 0.326 e. The summed E-state index contributed by atoms with van der Waals surface area (Å²) in [5.74, 6) is 0. The smallest absolute Gasteiger partial charge is 0.0362 e. The molecule has 2 rings (SSSR count). The molecule has 2 heteroatoms. The van der Waals surface area contributed by atoms with Crippen LogP contribution in [0.15, 0.2) is 0 Å². The summed E-state index contributed by atoms with van der Waals surface area (Å²) in [4.78, 5) is 2.53. The van der Waals surface area contributed by atoms with Gasteiger partial charge in [0.05, 0.1) is 0 Å². The van der Waals surface area contributed by atoms with Crippen molar-refractivity contribution < 1.29 is 0 Å². The van der Waals surface area contributed by atoms with Gasteiger partial charge < -0.3 is 5.73 Å². The minimum atomic E-state index is 0.335. The summed E-state index contributed by atoms with van der Waals surface area (Å²) >= 11 is 0. The molecule has 0 bridgehead atoms. The summed E-state index contributed by atoms with van der Waals surface area (Å²) in [6.45, 7) is 5.98. The zero-order valence-corrected chi connectivity index (χ0v) is 9.84. The van der Waals surface area contributed by atoms with Crippen molar-refractivity contribution in [2.75, 3.05) is 13.6 Å². The summed E-state index contributed by atoms with van der Waals surface area (Å²) in [7, 11) is 2.26. The molecule has 2 unspecified atom stereocenters. The summed E-state index contributed by atoms with van der Waals surface area (Å²) in [5.41, 5.74) is 7.14. The molecule has 1 heterocycles. The van der Waals surface area contributed by atoms with Crippen LogP contribution in [0.2, 0.25) is 0 Å². The lowest BCUT2D eigenvalue weighted by molar-refractivity contribution is 0.0420. The summed E-state index contributed by atoms with van der Waals surface area (Å²) in [5, 5.41) is 0. The van der Waals surface area contributed by atoms with Gasteiger partial charge in [-0.1, -0.05) is 20.3 Å². The minimum absolute atomic E-state index is 0.335. The molecule has 1 aliphatic heterocycles. The SMILES string of the molecule is CN1CCC(N)C12CCCC(C)(C)C2. The van der Waals surface area contributed by atoms with E-state index in [1.807, 2.05) is 0 Å². The molecule has 2 aliphatic rings. The number of hydrogen-bond donors (Lipinski definition) is 1. The van der Waals surface area contributed by atoms with E-state index in [-0.39, 0.29) is 0 Å². The Bertz CT molecular complexity index is 212. The van der Waals surface area contributed by atoms with Crippen molar-refractivity contribution in [1.82, 2.24) is 4.90 Å². The maximum atomic E-state index is 6.31. The fourth-order valence-corrected chi connectivity index (χ4v) is 3.63. The average molecular weight is 196 g/mol. The standard InChI is InChI=1S/C12H24N2/c1-11(2)6-4-7-12(9-11)10(13)5-8-14(12)3/h10H,4-9,13H2,1-3H3. The average Bonchev–Trinajstić information content (AvgIpc) is 2.32. The Morgan fingerprint density at radius 2 is 2.00 bits per heavy atom. The van der Waals surface area contributed by atoms with Crippen molar-refractivity contribution in [1.29, 1.82) is 0 Å². The van der Waals surface area contributed by atoms with Crippen molar-refractivity contribution >= 4 is 0 Å². The van der Waals surface area contributed by atoms with Crippen LogP contribution in [-0.4, -0.2) is 30.1 Å². The number of likely N-dealkylation sites (N-methyl/N-ethyl adjacent to an activating group) is 1. The summed E-state index contributed by atoms with van der Waals surface area (Å²) < 4.78 is 0. The van der Waals surface area contributed by atoms with E-state index in [9.17, 15) is 0 Å². The molecule has 0 aromatic heterocycles. The van der Waals surface area contributed by atoms with Crippen LogP contribution >= 0.6 is 0 Å². The van der Waals surface area contributed by atoms with Gasteiger partial charge in [0.25, 0.3) is 0 Å². The fraction of sp³-hybridized carbons (Fsp3) is 1.00. The van der Waals surface area contributed by atoms with Crippen LogP contribution in [0.1, 0.15) is 46.0 Å². The van der Waals surface area contributed by atoms with Gasteiger partial charge in [0.2, 0.25) is 0 Å². The van der Waals surface area contributed by atoms with E-state index < -0.39 is 0 Å². The van der Waals surface area contributed by atoms with E-state index in [1.54, 1.807) is 0 Å². The molecule has 0 aromatic rings. The zero-order chi connectivity index (χ0) is 10.4. The number of nitrogens with zero attached hydrogens (tertiary/aromatic N) is 1. The lowest BCUT2D eigenvalue weighted by atomic mass is 9.66. The molecule has 2 N–H and O–H groups in total. The maximum absolute atomic E-state index is 6.31. The minimum Gasteiger partial charge on any atom is -0.326 e. The third-order valence-electron chi connectivity index (χ3n) is 4.47. The lowest BCUT2D eigenvalue weighted by Crippen LogP contribution is -2.56. The third-order valence-corrected chi connectivity index (χ3v) is 4.47. The molecule has 14 heavy (non-hydrogen) atoms. The molecule has 1 spiro atoms. The van der Waals surface area contributed by atoms with Crippen molar-refractivity contribution in [3.63, 3.8) is 0 Å². The molecule has 0 amide bonds. The number of rotatable bonds is 0. The second kappa shape index (κ2) is 3.21. The Balaban J connectivity index is 2.21. The van der Waals surface area contributed by atoms with Crippen molar-refractivity contribution in [3.05, 3.63) is 0 Å². The Labute approximate surface area is 87.8 Å². The molecule has 82 valence electrons. The molecule has 0 aromatic carbocycles. The van der Waals surface area contributed by atoms with Gasteiger partial charge in [-0.05, 0) is 44.7 Å². The number of nitrogens with two attached hydrogens (primary N) is 1. The molecule has 1 saturated heterocycles. The lowest BCUT2D eigenvalue weighted by Gasteiger charge is -2.49. The molecule has 1 aliphatic carbocycles. The van der Waals surface area contributed by atoms with Gasteiger partial charge in [0.15, 0.2) is 0 Å². The highest BCUT2D eigenvalue weighted by molar-refractivity contribution is 5.07. The van der Waals surface area contributed by atoms with Gasteiger partial charge in [-0.25, -0.2) is 0 Å². The van der Waals surface area contributed by atoms with Crippen LogP contribution in [0, 0.1) is 5.41 Å². The van der Waals surface area contributed by atoms with E-state index in [2.05, 4.69) is 25.8 Å². The first-order valence-corrected chi connectivity index (χ1v) is 5.93. The van der Waals surface area contributed by atoms with Crippen LogP contribution < -0.4 is 5.73 Å². The summed E-state index contributed by atoms with van der Waals surface area (Å²) in [6, 6.07) is 0.409. The zero-order valence-electron chi connectivity index (χ0n) is 9.84. The molecule has 1 saturated carbocycles. The number of hydrogen-bond acceptors (Lipinski definition) is 2. The van der Waals surface area contributed by atoms with Gasteiger partial charge in [0, 0.05) is 11.6 Å². The van der Waals surface area contributed by atoms with E-state index in [0.29, 0.717) is 17.0 Å². The second-order valence-corrected chi connectivity index (χ2v) is 6.11. The van der Waals surface area contributed by atoms with Crippen LogP contribution in [0.3, 0.4) is 0 Å². The maximum Gasteiger partial charge on any atom is 0.0362 e. The third kappa shape index (κ3) is 1.49. The molecule has 2 fully saturated rings. The van der Waals surface area contributed by atoms with Gasteiger partial charge in [-0.3, -0.25) is 4.90 Å². The quantitative estimate of drug-likeness (QED) is 0.642. The van der Waals surface area contributed by atoms with Gasteiger partial charge in [-0.2, -0.15) is 0 Å². The molecule has 2 nitrogen and oxygen atoms in total. The van der Waals surface area contributed by atoms with E-state index in [0.717, 1.165) is 0 Å². The predicted octanol–water partition coefficient (Wildman–Crippen LogP) is 1.99. The summed E-state index contributed by atoms with van der Waals surface area (Å²) in [6.07, 6.45) is 6.51. The Morgan fingerprint density at radius 3 is 2.50 bits per heavy atom. The fourth-order valence-electron chi connectivity index (χ4n) is 3.63. The normalized spacial score (nSPS) is 43.3. The van der Waals surface area contributed by atoms with Crippen molar-refractivity contribution in [2.24, 2.45) is 11.1 Å². The topological polar surface area (TPSA) is 29.3 Å². The first-order valence-electron chi connectivity index (χ1n) is 5.93. The Hall–Kier alpha value is -0.0800. The van der Waals surface area contributed by atoms with Crippen LogP contribution in [0.4, 0.5) is 0 Å². The Morgan fingerprint density at radius 1 is 1.29 bits per heavy atom. The van der Waals surface area contributed by atoms with Crippen molar-refractivity contribution in [2.45, 2.75) is 57.5 Å². The monoisotopic (exact) mass is 196 g/mol. The van der Waals surface area contributed by atoms with Crippen LogP contribution in [0.25, 0.3) is 0 Å². The number of likely N-dealkylation sites (tertiary alicyclic amines) is 1. The highest BCUT2D eigenvalue weighted by atomic mass is 15.2. The Kier molecular flexibility index (Phi) is 2.39. The molecule has 2 atom stereocenters. The van der Waals surface area contributed by atoms with Gasteiger partial charge >= 0.3 is 0 Å². The second-order valence-electron chi connectivity index (χ2n) is 6.11. The van der Waals surface area contributed by atoms with Crippen molar-refractivity contribution in [3.8, 4) is 0 Å². The predicted molar refractivity (Wildman–Crippen MR) is 60.2 cm³/mol. The highest BCUT2D eigenvalue weighted by Crippen LogP contribution is 2.47. The van der Waals surface area contributed by atoms with Gasteiger partial charge in [0.1, 0.15) is 0 Å². The highest BCUT2D eigenvalue weighted by Gasteiger charge is 2.49. The van der Waals surface area contributed by atoms with E-state index >= 15 is 0 Å². The molecule has 0 radical (unpaired) electrons.